The van der Waals surface area contributed by atoms with Crippen molar-refractivity contribution in [2.24, 2.45) is 0 Å². The molecule has 98 valence electrons. The summed E-state index contributed by atoms with van der Waals surface area (Å²) in [6.45, 7) is 2.37. The molecule has 0 fully saturated rings. The normalized spacial score (nSPS) is 11.1. The summed E-state index contributed by atoms with van der Waals surface area (Å²) in [7, 11) is 0. The predicted octanol–water partition coefficient (Wildman–Crippen LogP) is 2.05. The average molecular weight is 261 g/mol. The largest absolute Gasteiger partial charge is 0.355 e. The van der Waals surface area contributed by atoms with Gasteiger partial charge in [-0.15, -0.1) is 0 Å². The van der Waals surface area contributed by atoms with Crippen LogP contribution in [-0.4, -0.2) is 26.7 Å². The van der Waals surface area contributed by atoms with Gasteiger partial charge in [-0.05, 0) is 25.1 Å². The smallest absolute Gasteiger partial charge is 0.228 e. The molecule has 7 heteroatoms. The first kappa shape index (κ1) is 11.6. The van der Waals surface area contributed by atoms with Crippen LogP contribution in [-0.2, 0) is 6.42 Å². The molecule has 0 aliphatic carbocycles. The number of hydrogen-bond donors (Lipinski definition) is 2. The summed E-state index contributed by atoms with van der Waals surface area (Å²) >= 11 is 0. The minimum absolute atomic E-state index is 0.288. The molecule has 2 N–H and O–H groups in total. The number of benzene rings is 1. The molecular weight excluding hydrogens is 249 g/mol. The van der Waals surface area contributed by atoms with Gasteiger partial charge in [0.05, 0.1) is 11.0 Å². The molecule has 3 aromatic rings. The number of imidazole rings is 1. The van der Waals surface area contributed by atoms with Gasteiger partial charge in [0.25, 0.3) is 0 Å². The van der Waals surface area contributed by atoms with Crippen LogP contribution in [0.1, 0.15) is 11.7 Å². The third-order valence-corrected chi connectivity index (χ3v) is 2.64. The topological polar surface area (TPSA) is 79.6 Å². The van der Waals surface area contributed by atoms with Gasteiger partial charge in [0.15, 0.2) is 5.82 Å². The van der Waals surface area contributed by atoms with Crippen molar-refractivity contribution in [3.8, 4) is 0 Å². The van der Waals surface area contributed by atoms with Crippen LogP contribution in [0.3, 0.4) is 0 Å². The van der Waals surface area contributed by atoms with Crippen molar-refractivity contribution in [1.82, 2.24) is 20.1 Å². The molecule has 0 saturated carbocycles. The number of nitrogens with one attached hydrogen (secondary N) is 2. The molecule has 19 heavy (non-hydrogen) atoms. The minimum atomic E-state index is -0.288. The number of rotatable bonds is 4. The average Bonchev–Trinajstić information content (AvgIpc) is 2.95. The molecule has 0 aliphatic rings. The molecule has 0 radical (unpaired) electrons. The number of anilines is 1. The van der Waals surface area contributed by atoms with E-state index in [0.29, 0.717) is 36.1 Å². The highest BCUT2D eigenvalue weighted by atomic mass is 19.1. The van der Waals surface area contributed by atoms with Crippen LogP contribution in [0.5, 0.6) is 0 Å². The molecule has 0 amide bonds. The zero-order chi connectivity index (χ0) is 13.2. The highest BCUT2D eigenvalue weighted by molar-refractivity contribution is 5.77. The first-order valence-electron chi connectivity index (χ1n) is 5.89. The summed E-state index contributed by atoms with van der Waals surface area (Å²) in [5.74, 6) is 1.50. The first-order chi connectivity index (χ1) is 9.20. The third kappa shape index (κ3) is 2.54. The second-order valence-electron chi connectivity index (χ2n) is 4.16. The molecule has 3 rings (SSSR count). The van der Waals surface area contributed by atoms with E-state index in [1.54, 1.807) is 13.0 Å². The number of hydrogen-bond acceptors (Lipinski definition) is 5. The molecule has 0 bridgehead atoms. The molecule has 1 aromatic carbocycles. The molecule has 2 heterocycles. The van der Waals surface area contributed by atoms with Gasteiger partial charge in [0, 0.05) is 13.0 Å². The lowest BCUT2D eigenvalue weighted by atomic mass is 10.3. The quantitative estimate of drug-likeness (QED) is 0.751. The highest BCUT2D eigenvalue weighted by Gasteiger charge is 2.05. The van der Waals surface area contributed by atoms with E-state index >= 15 is 0 Å². The maximum atomic E-state index is 13.0. The molecule has 0 spiro atoms. The summed E-state index contributed by atoms with van der Waals surface area (Å²) in [5.41, 5.74) is 1.38. The molecule has 0 atom stereocenters. The van der Waals surface area contributed by atoms with Gasteiger partial charge in [-0.2, -0.15) is 4.98 Å². The van der Waals surface area contributed by atoms with Crippen molar-refractivity contribution in [1.29, 1.82) is 0 Å². The standard InChI is InChI=1S/C12H12FN5O/c1-7-15-11(19-18-7)4-5-14-12-16-9-3-2-8(13)6-10(9)17-12/h2-3,6H,4-5H2,1H3,(H2,14,16,17). The maximum Gasteiger partial charge on any atom is 0.228 e. The zero-order valence-corrected chi connectivity index (χ0v) is 10.3. The third-order valence-electron chi connectivity index (χ3n) is 2.64. The number of nitrogens with zero attached hydrogens (tertiary/aromatic N) is 3. The summed E-state index contributed by atoms with van der Waals surface area (Å²) in [5, 5.41) is 6.80. The Morgan fingerprint density at radius 2 is 2.26 bits per heavy atom. The van der Waals surface area contributed by atoms with Crippen molar-refractivity contribution in [3.05, 3.63) is 35.7 Å². The van der Waals surface area contributed by atoms with Crippen LogP contribution in [0.25, 0.3) is 11.0 Å². The van der Waals surface area contributed by atoms with Crippen LogP contribution < -0.4 is 5.32 Å². The van der Waals surface area contributed by atoms with E-state index in [4.69, 9.17) is 4.52 Å². The zero-order valence-electron chi connectivity index (χ0n) is 10.3. The highest BCUT2D eigenvalue weighted by Crippen LogP contribution is 2.15. The number of H-pyrrole nitrogens is 1. The van der Waals surface area contributed by atoms with Gasteiger partial charge in [0.1, 0.15) is 5.82 Å². The van der Waals surface area contributed by atoms with Gasteiger partial charge in [0.2, 0.25) is 11.8 Å². The molecule has 0 saturated heterocycles. The summed E-state index contributed by atoms with van der Waals surface area (Å²) in [4.78, 5) is 11.4. The van der Waals surface area contributed by atoms with Gasteiger partial charge >= 0.3 is 0 Å². The summed E-state index contributed by atoms with van der Waals surface area (Å²) in [6, 6.07) is 4.43. The molecular formula is C12H12FN5O. The monoisotopic (exact) mass is 261 g/mol. The summed E-state index contributed by atoms with van der Waals surface area (Å²) in [6.07, 6.45) is 0.603. The minimum Gasteiger partial charge on any atom is -0.355 e. The lowest BCUT2D eigenvalue weighted by molar-refractivity contribution is 0.377. The Kier molecular flexibility index (Phi) is 2.86. The van der Waals surface area contributed by atoms with Crippen molar-refractivity contribution in [2.75, 3.05) is 11.9 Å². The van der Waals surface area contributed by atoms with Crippen LogP contribution in [0, 0.1) is 12.7 Å². The van der Waals surface area contributed by atoms with E-state index in [1.807, 2.05) is 0 Å². The van der Waals surface area contributed by atoms with E-state index < -0.39 is 0 Å². The van der Waals surface area contributed by atoms with Gasteiger partial charge in [-0.1, -0.05) is 5.16 Å². The van der Waals surface area contributed by atoms with Crippen molar-refractivity contribution in [3.63, 3.8) is 0 Å². The number of aromatic amines is 1. The molecule has 0 unspecified atom stereocenters. The van der Waals surface area contributed by atoms with Crippen LogP contribution in [0.4, 0.5) is 10.3 Å². The van der Waals surface area contributed by atoms with E-state index in [0.717, 1.165) is 5.52 Å². The van der Waals surface area contributed by atoms with Gasteiger partial charge < -0.3 is 14.8 Å². The Bertz CT molecular complexity index is 705. The van der Waals surface area contributed by atoms with Crippen molar-refractivity contribution < 1.29 is 8.91 Å². The Labute approximate surface area is 108 Å². The van der Waals surface area contributed by atoms with Crippen molar-refractivity contribution >= 4 is 17.0 Å². The predicted molar refractivity (Wildman–Crippen MR) is 67.3 cm³/mol. The van der Waals surface area contributed by atoms with Crippen LogP contribution >= 0.6 is 0 Å². The Balaban J connectivity index is 1.65. The fourth-order valence-electron chi connectivity index (χ4n) is 1.79. The lowest BCUT2D eigenvalue weighted by Crippen LogP contribution is -2.06. The summed E-state index contributed by atoms with van der Waals surface area (Å²) < 4.78 is 18.0. The van der Waals surface area contributed by atoms with Crippen LogP contribution in [0.2, 0.25) is 0 Å². The Hall–Kier alpha value is -2.44. The van der Waals surface area contributed by atoms with E-state index in [1.165, 1.54) is 12.1 Å². The Morgan fingerprint density at radius 3 is 3.05 bits per heavy atom. The number of halogens is 1. The fourth-order valence-corrected chi connectivity index (χ4v) is 1.79. The fraction of sp³-hybridized carbons (Fsp3) is 0.250. The Morgan fingerprint density at radius 1 is 1.37 bits per heavy atom. The molecule has 2 aromatic heterocycles. The van der Waals surface area contributed by atoms with E-state index in [2.05, 4.69) is 25.4 Å². The van der Waals surface area contributed by atoms with Crippen LogP contribution in [0.15, 0.2) is 22.7 Å². The van der Waals surface area contributed by atoms with Gasteiger partial charge in [-0.3, -0.25) is 0 Å². The SMILES string of the molecule is Cc1noc(CCNc2nc3ccc(F)cc3[nH]2)n1. The number of aryl methyl sites for hydroxylation is 1. The lowest BCUT2D eigenvalue weighted by Gasteiger charge is -1.98. The van der Waals surface area contributed by atoms with E-state index in [-0.39, 0.29) is 5.82 Å². The second kappa shape index (κ2) is 4.68. The number of aromatic nitrogens is 4. The van der Waals surface area contributed by atoms with Crippen molar-refractivity contribution in [2.45, 2.75) is 13.3 Å². The number of fused-ring (bicyclic) bond motifs is 1. The molecule has 0 aliphatic heterocycles. The van der Waals surface area contributed by atoms with Gasteiger partial charge in [-0.25, -0.2) is 9.37 Å². The molecule has 6 nitrogen and oxygen atoms in total. The maximum absolute atomic E-state index is 13.0. The second-order valence-corrected chi connectivity index (χ2v) is 4.16. The van der Waals surface area contributed by atoms with E-state index in [9.17, 15) is 4.39 Å². The first-order valence-corrected chi connectivity index (χ1v) is 5.89.